The molecule has 3 heteroatoms. The van der Waals surface area contributed by atoms with Gasteiger partial charge in [0.2, 0.25) is 0 Å². The topological polar surface area (TPSA) is 51.2 Å². The maximum Gasteiger partial charge on any atom is 0.105 e. The molecule has 1 aromatic heterocycles. The zero-order valence-electron chi connectivity index (χ0n) is 8.55. The van der Waals surface area contributed by atoms with Gasteiger partial charge in [0.05, 0.1) is 0 Å². The third kappa shape index (κ3) is 2.86. The van der Waals surface area contributed by atoms with Crippen molar-refractivity contribution in [2.45, 2.75) is 33.4 Å². The molecule has 74 valence electrons. The van der Waals surface area contributed by atoms with Gasteiger partial charge in [0.15, 0.2) is 0 Å². The minimum absolute atomic E-state index is 0.356. The third-order valence-corrected chi connectivity index (χ3v) is 2.14. The minimum atomic E-state index is 0.356. The Balaban J connectivity index is 2.49. The Morgan fingerprint density at radius 3 is 2.69 bits per heavy atom. The van der Waals surface area contributed by atoms with E-state index in [1.807, 2.05) is 13.8 Å². The number of furan rings is 1. The molecule has 0 spiro atoms. The van der Waals surface area contributed by atoms with Crippen LogP contribution in [0.25, 0.3) is 0 Å². The Morgan fingerprint density at radius 2 is 2.23 bits per heavy atom. The summed E-state index contributed by atoms with van der Waals surface area (Å²) >= 11 is 0. The lowest BCUT2D eigenvalue weighted by Gasteiger charge is -2.09. The van der Waals surface area contributed by atoms with Gasteiger partial charge in [0, 0.05) is 24.7 Å². The average Bonchev–Trinajstić information content (AvgIpc) is 2.41. The van der Waals surface area contributed by atoms with Gasteiger partial charge in [-0.05, 0) is 26.8 Å². The highest BCUT2D eigenvalue weighted by Gasteiger charge is 2.05. The second-order valence-electron chi connectivity index (χ2n) is 3.46. The van der Waals surface area contributed by atoms with E-state index in [2.05, 4.69) is 18.3 Å². The van der Waals surface area contributed by atoms with Gasteiger partial charge in [-0.1, -0.05) is 0 Å². The van der Waals surface area contributed by atoms with Gasteiger partial charge in [-0.3, -0.25) is 0 Å². The van der Waals surface area contributed by atoms with Gasteiger partial charge in [-0.15, -0.1) is 0 Å². The first kappa shape index (κ1) is 10.3. The van der Waals surface area contributed by atoms with Crippen LogP contribution in [-0.4, -0.2) is 12.6 Å². The number of hydrogen-bond acceptors (Lipinski definition) is 3. The highest BCUT2D eigenvalue weighted by atomic mass is 16.3. The highest BCUT2D eigenvalue weighted by molar-refractivity contribution is 5.19. The summed E-state index contributed by atoms with van der Waals surface area (Å²) in [6.45, 7) is 7.51. The summed E-state index contributed by atoms with van der Waals surface area (Å²) in [5.74, 6) is 1.96. The fraction of sp³-hybridized carbons (Fsp3) is 0.600. The molecule has 0 amide bonds. The first-order chi connectivity index (χ1) is 6.13. The van der Waals surface area contributed by atoms with Crippen molar-refractivity contribution in [1.82, 2.24) is 5.32 Å². The van der Waals surface area contributed by atoms with E-state index in [-0.39, 0.29) is 0 Å². The lowest BCUT2D eigenvalue weighted by Crippen LogP contribution is -2.32. The number of nitrogens with two attached hydrogens (primary N) is 1. The van der Waals surface area contributed by atoms with Crippen LogP contribution in [0.2, 0.25) is 0 Å². The van der Waals surface area contributed by atoms with E-state index in [4.69, 9.17) is 10.2 Å². The van der Waals surface area contributed by atoms with Crippen molar-refractivity contribution in [2.24, 2.45) is 5.73 Å². The normalized spacial score (nSPS) is 13.2. The van der Waals surface area contributed by atoms with Crippen LogP contribution in [0.5, 0.6) is 0 Å². The fourth-order valence-corrected chi connectivity index (χ4v) is 1.23. The van der Waals surface area contributed by atoms with E-state index >= 15 is 0 Å². The Hall–Kier alpha value is -0.800. The van der Waals surface area contributed by atoms with Crippen LogP contribution in [0.15, 0.2) is 10.5 Å². The summed E-state index contributed by atoms with van der Waals surface area (Å²) in [5, 5.41) is 3.32. The van der Waals surface area contributed by atoms with Gasteiger partial charge >= 0.3 is 0 Å². The van der Waals surface area contributed by atoms with Crippen LogP contribution in [0.3, 0.4) is 0 Å². The smallest absolute Gasteiger partial charge is 0.105 e. The molecule has 1 heterocycles. The van der Waals surface area contributed by atoms with Crippen LogP contribution in [0.4, 0.5) is 0 Å². The number of rotatable bonds is 4. The fourth-order valence-electron chi connectivity index (χ4n) is 1.23. The molecule has 13 heavy (non-hydrogen) atoms. The quantitative estimate of drug-likeness (QED) is 0.738. The second-order valence-corrected chi connectivity index (χ2v) is 3.46. The molecule has 1 aromatic rings. The first-order valence-corrected chi connectivity index (χ1v) is 4.63. The summed E-state index contributed by atoms with van der Waals surface area (Å²) < 4.78 is 5.41. The van der Waals surface area contributed by atoms with Crippen molar-refractivity contribution < 1.29 is 4.42 Å². The van der Waals surface area contributed by atoms with Crippen molar-refractivity contribution in [2.75, 3.05) is 6.54 Å². The molecule has 0 aliphatic rings. The predicted octanol–water partition coefficient (Wildman–Crippen LogP) is 1.33. The molecule has 3 nitrogen and oxygen atoms in total. The zero-order chi connectivity index (χ0) is 9.84. The molecule has 1 rings (SSSR count). The van der Waals surface area contributed by atoms with Gasteiger partial charge in [-0.2, -0.15) is 0 Å². The summed E-state index contributed by atoms with van der Waals surface area (Å²) in [7, 11) is 0. The SMILES string of the molecule is Cc1cc(CN[C@@H](C)CN)c(C)o1. The van der Waals surface area contributed by atoms with E-state index < -0.39 is 0 Å². The number of aryl methyl sites for hydroxylation is 2. The van der Waals surface area contributed by atoms with Crippen LogP contribution in [-0.2, 0) is 6.54 Å². The molecule has 0 bridgehead atoms. The monoisotopic (exact) mass is 182 g/mol. The van der Waals surface area contributed by atoms with E-state index in [1.165, 1.54) is 5.56 Å². The van der Waals surface area contributed by atoms with Crippen molar-refractivity contribution in [3.05, 3.63) is 23.2 Å². The standard InChI is InChI=1S/C10H18N2O/c1-7(5-11)12-6-10-4-8(2)13-9(10)3/h4,7,12H,5-6,11H2,1-3H3/t7-/m0/s1. The molecule has 0 aromatic carbocycles. The zero-order valence-corrected chi connectivity index (χ0v) is 8.55. The maximum absolute atomic E-state index is 5.49. The van der Waals surface area contributed by atoms with E-state index in [0.717, 1.165) is 18.1 Å². The Bertz CT molecular complexity index is 268. The van der Waals surface area contributed by atoms with Gasteiger partial charge in [-0.25, -0.2) is 0 Å². The van der Waals surface area contributed by atoms with E-state index in [9.17, 15) is 0 Å². The van der Waals surface area contributed by atoms with Crippen LogP contribution < -0.4 is 11.1 Å². The molecular formula is C10H18N2O. The van der Waals surface area contributed by atoms with Crippen molar-refractivity contribution in [3.8, 4) is 0 Å². The van der Waals surface area contributed by atoms with Crippen molar-refractivity contribution in [1.29, 1.82) is 0 Å². The van der Waals surface area contributed by atoms with Crippen LogP contribution in [0.1, 0.15) is 24.0 Å². The van der Waals surface area contributed by atoms with Crippen molar-refractivity contribution in [3.63, 3.8) is 0 Å². The third-order valence-electron chi connectivity index (χ3n) is 2.14. The molecule has 0 aliphatic carbocycles. The molecule has 0 fully saturated rings. The van der Waals surface area contributed by atoms with Gasteiger partial charge in [0.25, 0.3) is 0 Å². The number of hydrogen-bond donors (Lipinski definition) is 2. The molecule has 3 N–H and O–H groups in total. The summed E-state index contributed by atoms with van der Waals surface area (Å²) in [6, 6.07) is 2.42. The van der Waals surface area contributed by atoms with Crippen LogP contribution >= 0.6 is 0 Å². The molecule has 0 unspecified atom stereocenters. The van der Waals surface area contributed by atoms with Gasteiger partial charge < -0.3 is 15.5 Å². The van der Waals surface area contributed by atoms with Crippen LogP contribution in [0, 0.1) is 13.8 Å². The van der Waals surface area contributed by atoms with Gasteiger partial charge in [0.1, 0.15) is 11.5 Å². The largest absolute Gasteiger partial charge is 0.466 e. The lowest BCUT2D eigenvalue weighted by molar-refractivity contribution is 0.494. The first-order valence-electron chi connectivity index (χ1n) is 4.63. The van der Waals surface area contributed by atoms with Crippen molar-refractivity contribution >= 4 is 0 Å². The summed E-state index contributed by atoms with van der Waals surface area (Å²) in [4.78, 5) is 0. The minimum Gasteiger partial charge on any atom is -0.466 e. The Labute approximate surface area is 79.3 Å². The van der Waals surface area contributed by atoms with E-state index in [1.54, 1.807) is 0 Å². The molecule has 0 radical (unpaired) electrons. The highest BCUT2D eigenvalue weighted by Crippen LogP contribution is 2.13. The van der Waals surface area contributed by atoms with E-state index in [0.29, 0.717) is 12.6 Å². The summed E-state index contributed by atoms with van der Waals surface area (Å²) in [5.41, 5.74) is 6.71. The Morgan fingerprint density at radius 1 is 1.54 bits per heavy atom. The second kappa shape index (κ2) is 4.44. The molecule has 0 aliphatic heterocycles. The molecular weight excluding hydrogens is 164 g/mol. The predicted molar refractivity (Wildman–Crippen MR) is 53.5 cm³/mol. The molecule has 0 saturated heterocycles. The summed E-state index contributed by atoms with van der Waals surface area (Å²) in [6.07, 6.45) is 0. The molecule has 1 atom stereocenters. The lowest BCUT2D eigenvalue weighted by atomic mass is 10.2. The Kier molecular flexibility index (Phi) is 3.51. The molecule has 0 saturated carbocycles. The number of nitrogens with one attached hydrogen (secondary N) is 1. The average molecular weight is 182 g/mol. The maximum atomic E-state index is 5.49.